The maximum atomic E-state index is 11.5. The molecule has 6 heteroatoms. The molecular formula is C14H14N2O3S. The van der Waals surface area contributed by atoms with Gasteiger partial charge in [0.15, 0.2) is 0 Å². The molecule has 0 bridgehead atoms. The molecular weight excluding hydrogens is 276 g/mol. The Morgan fingerprint density at radius 3 is 2.65 bits per heavy atom. The predicted molar refractivity (Wildman–Crippen MR) is 79.1 cm³/mol. The number of aromatic amines is 1. The molecule has 0 aliphatic heterocycles. The molecule has 1 heterocycles. The van der Waals surface area contributed by atoms with Crippen LogP contribution in [0.25, 0.3) is 12.2 Å². The fraction of sp³-hybridized carbons (Fsp3) is 0.143. The van der Waals surface area contributed by atoms with Gasteiger partial charge < -0.3 is 4.74 Å². The van der Waals surface area contributed by atoms with Crippen molar-refractivity contribution in [2.75, 3.05) is 13.4 Å². The van der Waals surface area contributed by atoms with E-state index in [9.17, 15) is 9.00 Å². The molecule has 0 amide bonds. The van der Waals surface area contributed by atoms with Crippen LogP contribution in [-0.2, 0) is 10.8 Å². The molecule has 2 aromatic rings. The van der Waals surface area contributed by atoms with E-state index in [4.69, 9.17) is 4.74 Å². The van der Waals surface area contributed by atoms with Gasteiger partial charge in [-0.25, -0.2) is 5.10 Å². The molecule has 1 unspecified atom stereocenters. The molecule has 1 N–H and O–H groups in total. The van der Waals surface area contributed by atoms with E-state index in [-0.39, 0.29) is 5.56 Å². The summed E-state index contributed by atoms with van der Waals surface area (Å²) in [5, 5.41) is 6.24. The SMILES string of the molecule is COc1cc(C=Cc2ccc(=O)[nH]n2)ccc1S(C)=O. The smallest absolute Gasteiger partial charge is 0.264 e. The van der Waals surface area contributed by atoms with Crippen molar-refractivity contribution in [3.05, 3.63) is 51.9 Å². The summed E-state index contributed by atoms with van der Waals surface area (Å²) in [6, 6.07) is 8.47. The van der Waals surface area contributed by atoms with Crippen molar-refractivity contribution in [3.8, 4) is 5.75 Å². The summed E-state index contributed by atoms with van der Waals surface area (Å²) in [7, 11) is 0.452. The molecule has 104 valence electrons. The first-order valence-corrected chi connectivity index (χ1v) is 7.41. The van der Waals surface area contributed by atoms with Crippen LogP contribution in [0.4, 0.5) is 0 Å². The maximum absolute atomic E-state index is 11.5. The Balaban J connectivity index is 2.27. The van der Waals surface area contributed by atoms with E-state index in [0.717, 1.165) is 5.56 Å². The van der Waals surface area contributed by atoms with Gasteiger partial charge in [-0.3, -0.25) is 9.00 Å². The Morgan fingerprint density at radius 1 is 1.25 bits per heavy atom. The molecule has 0 aliphatic carbocycles. The first kappa shape index (κ1) is 14.2. The molecule has 2 rings (SSSR count). The second-order valence-electron chi connectivity index (χ2n) is 4.04. The fourth-order valence-electron chi connectivity index (χ4n) is 1.66. The van der Waals surface area contributed by atoms with E-state index in [2.05, 4.69) is 10.2 Å². The second-order valence-corrected chi connectivity index (χ2v) is 5.39. The molecule has 1 aromatic carbocycles. The van der Waals surface area contributed by atoms with Crippen LogP contribution in [-0.4, -0.2) is 27.8 Å². The zero-order valence-corrected chi connectivity index (χ0v) is 11.9. The van der Waals surface area contributed by atoms with Crippen LogP contribution < -0.4 is 10.3 Å². The monoisotopic (exact) mass is 290 g/mol. The molecule has 20 heavy (non-hydrogen) atoms. The number of nitrogens with zero attached hydrogens (tertiary/aromatic N) is 1. The number of nitrogens with one attached hydrogen (secondary N) is 1. The second kappa shape index (κ2) is 6.29. The van der Waals surface area contributed by atoms with Crippen molar-refractivity contribution in [2.24, 2.45) is 0 Å². The van der Waals surface area contributed by atoms with Gasteiger partial charge in [0.25, 0.3) is 5.56 Å². The minimum absolute atomic E-state index is 0.237. The van der Waals surface area contributed by atoms with Crippen LogP contribution in [0.2, 0.25) is 0 Å². The largest absolute Gasteiger partial charge is 0.495 e. The number of hydrogen-bond donors (Lipinski definition) is 1. The summed E-state index contributed by atoms with van der Waals surface area (Å²) in [6.07, 6.45) is 5.22. The van der Waals surface area contributed by atoms with Crippen LogP contribution in [0.1, 0.15) is 11.3 Å². The number of hydrogen-bond acceptors (Lipinski definition) is 4. The summed E-state index contributed by atoms with van der Waals surface area (Å²) >= 11 is 0. The van der Waals surface area contributed by atoms with E-state index < -0.39 is 10.8 Å². The third-order valence-electron chi connectivity index (χ3n) is 2.64. The number of ether oxygens (including phenoxy) is 1. The summed E-state index contributed by atoms with van der Waals surface area (Å²) in [6.45, 7) is 0. The zero-order chi connectivity index (χ0) is 14.5. The Kier molecular flexibility index (Phi) is 4.47. The molecule has 5 nitrogen and oxygen atoms in total. The van der Waals surface area contributed by atoms with Crippen molar-refractivity contribution in [3.63, 3.8) is 0 Å². The molecule has 0 saturated heterocycles. The quantitative estimate of drug-likeness (QED) is 0.930. The van der Waals surface area contributed by atoms with E-state index in [1.165, 1.54) is 6.07 Å². The van der Waals surface area contributed by atoms with Gasteiger partial charge in [0.05, 0.1) is 28.5 Å². The highest BCUT2D eigenvalue weighted by molar-refractivity contribution is 7.84. The molecule has 0 fully saturated rings. The van der Waals surface area contributed by atoms with Gasteiger partial charge in [0, 0.05) is 12.3 Å². The van der Waals surface area contributed by atoms with Crippen LogP contribution in [0.5, 0.6) is 5.75 Å². The lowest BCUT2D eigenvalue weighted by Gasteiger charge is -2.06. The van der Waals surface area contributed by atoms with E-state index in [0.29, 0.717) is 16.3 Å². The molecule has 1 atom stereocenters. The van der Waals surface area contributed by atoms with Crippen molar-refractivity contribution in [2.45, 2.75) is 4.90 Å². The highest BCUT2D eigenvalue weighted by Crippen LogP contribution is 2.23. The van der Waals surface area contributed by atoms with Gasteiger partial charge in [0.1, 0.15) is 5.75 Å². The normalized spacial score (nSPS) is 12.5. The van der Waals surface area contributed by atoms with Gasteiger partial charge >= 0.3 is 0 Å². The van der Waals surface area contributed by atoms with Crippen molar-refractivity contribution >= 4 is 23.0 Å². The molecule has 0 spiro atoms. The minimum atomic E-state index is -1.09. The summed E-state index contributed by atoms with van der Waals surface area (Å²) in [5.74, 6) is 0.586. The minimum Gasteiger partial charge on any atom is -0.495 e. The average Bonchev–Trinajstić information content (AvgIpc) is 2.46. The number of H-pyrrole nitrogens is 1. The molecule has 0 aliphatic rings. The Labute approximate surface area is 118 Å². The van der Waals surface area contributed by atoms with Crippen LogP contribution in [0.15, 0.2) is 40.0 Å². The van der Waals surface area contributed by atoms with E-state index in [1.54, 1.807) is 37.6 Å². The average molecular weight is 290 g/mol. The van der Waals surface area contributed by atoms with Crippen LogP contribution in [0.3, 0.4) is 0 Å². The number of benzene rings is 1. The topological polar surface area (TPSA) is 72.1 Å². The van der Waals surface area contributed by atoms with Crippen LogP contribution >= 0.6 is 0 Å². The number of aromatic nitrogens is 2. The van der Waals surface area contributed by atoms with Gasteiger partial charge in [-0.2, -0.15) is 5.10 Å². The Bertz CT molecular complexity index is 702. The predicted octanol–water partition coefficient (Wildman–Crippen LogP) is 1.69. The molecule has 1 aromatic heterocycles. The summed E-state index contributed by atoms with van der Waals surface area (Å²) in [4.78, 5) is 11.6. The third-order valence-corrected chi connectivity index (χ3v) is 3.60. The summed E-state index contributed by atoms with van der Waals surface area (Å²) < 4.78 is 16.7. The Hall–Kier alpha value is -2.21. The molecule has 0 radical (unpaired) electrons. The van der Waals surface area contributed by atoms with Crippen molar-refractivity contribution in [1.29, 1.82) is 0 Å². The van der Waals surface area contributed by atoms with Gasteiger partial charge in [-0.1, -0.05) is 12.1 Å². The lowest BCUT2D eigenvalue weighted by molar-refractivity contribution is 0.404. The van der Waals surface area contributed by atoms with Gasteiger partial charge in [-0.15, -0.1) is 0 Å². The highest BCUT2D eigenvalue weighted by Gasteiger charge is 2.06. The maximum Gasteiger partial charge on any atom is 0.264 e. The standard InChI is InChI=1S/C14H14N2O3S/c1-19-12-9-10(4-7-13(12)20(2)18)3-5-11-6-8-14(17)16-15-11/h3-9H,1-2H3,(H,16,17). The van der Waals surface area contributed by atoms with Crippen molar-refractivity contribution < 1.29 is 8.95 Å². The van der Waals surface area contributed by atoms with Gasteiger partial charge in [0.2, 0.25) is 0 Å². The third kappa shape index (κ3) is 3.42. The highest BCUT2D eigenvalue weighted by atomic mass is 32.2. The van der Waals surface area contributed by atoms with E-state index in [1.807, 2.05) is 12.1 Å². The lowest BCUT2D eigenvalue weighted by atomic mass is 10.2. The van der Waals surface area contributed by atoms with Crippen LogP contribution in [0, 0.1) is 0 Å². The number of methoxy groups -OCH3 is 1. The number of rotatable bonds is 4. The fourth-order valence-corrected chi connectivity index (χ4v) is 2.34. The first-order valence-electron chi connectivity index (χ1n) is 5.85. The lowest BCUT2D eigenvalue weighted by Crippen LogP contribution is -2.05. The molecule has 0 saturated carbocycles. The van der Waals surface area contributed by atoms with Gasteiger partial charge in [-0.05, 0) is 29.8 Å². The van der Waals surface area contributed by atoms with Crippen molar-refractivity contribution in [1.82, 2.24) is 10.2 Å². The van der Waals surface area contributed by atoms with E-state index >= 15 is 0 Å². The zero-order valence-electron chi connectivity index (χ0n) is 11.1. The Morgan fingerprint density at radius 2 is 2.05 bits per heavy atom. The summed E-state index contributed by atoms with van der Waals surface area (Å²) in [5.41, 5.74) is 1.30. The first-order chi connectivity index (χ1) is 9.60.